The van der Waals surface area contributed by atoms with Gasteiger partial charge >= 0.3 is 5.97 Å². The van der Waals surface area contributed by atoms with Crippen molar-refractivity contribution in [1.82, 2.24) is 4.98 Å². The molecule has 6 nitrogen and oxygen atoms in total. The molecule has 0 fully saturated rings. The van der Waals surface area contributed by atoms with E-state index in [9.17, 15) is 9.90 Å². The number of methoxy groups -OCH3 is 2. The zero-order chi connectivity index (χ0) is 22.5. The molecule has 0 spiro atoms. The van der Waals surface area contributed by atoms with Crippen LogP contribution in [0.15, 0.2) is 72.8 Å². The molecule has 1 aromatic heterocycles. The fourth-order valence-corrected chi connectivity index (χ4v) is 3.58. The summed E-state index contributed by atoms with van der Waals surface area (Å²) < 4.78 is 16.9. The SMILES string of the molecule is COc1cc(-c2cc(C(=O)O)c3cccc(OC)c3n2)ccc1OCCc1ccccc1. The van der Waals surface area contributed by atoms with Crippen molar-refractivity contribution in [1.29, 1.82) is 0 Å². The van der Waals surface area contributed by atoms with Gasteiger partial charge in [0.25, 0.3) is 0 Å². The third-order valence-electron chi connectivity index (χ3n) is 5.20. The lowest BCUT2D eigenvalue weighted by molar-refractivity contribution is 0.0699. The summed E-state index contributed by atoms with van der Waals surface area (Å²) in [6.07, 6.45) is 0.778. The molecule has 0 radical (unpaired) electrons. The molecule has 32 heavy (non-hydrogen) atoms. The molecule has 0 amide bonds. The molecule has 4 aromatic rings. The van der Waals surface area contributed by atoms with Crippen LogP contribution < -0.4 is 14.2 Å². The van der Waals surface area contributed by atoms with E-state index in [1.807, 2.05) is 30.3 Å². The summed E-state index contributed by atoms with van der Waals surface area (Å²) in [6, 6.07) is 22.4. The van der Waals surface area contributed by atoms with Gasteiger partial charge in [-0.15, -0.1) is 0 Å². The third kappa shape index (κ3) is 4.34. The van der Waals surface area contributed by atoms with E-state index in [0.717, 1.165) is 6.42 Å². The Labute approximate surface area is 186 Å². The average Bonchev–Trinajstić information content (AvgIpc) is 2.83. The van der Waals surface area contributed by atoms with E-state index in [-0.39, 0.29) is 5.56 Å². The Hall–Kier alpha value is -4.06. The van der Waals surface area contributed by atoms with Crippen LogP contribution in [-0.4, -0.2) is 36.9 Å². The second-order valence-electron chi connectivity index (χ2n) is 7.17. The van der Waals surface area contributed by atoms with Crippen LogP contribution in [0.5, 0.6) is 17.2 Å². The number of nitrogens with zero attached hydrogens (tertiary/aromatic N) is 1. The second kappa shape index (κ2) is 9.39. The van der Waals surface area contributed by atoms with Crippen molar-refractivity contribution in [2.24, 2.45) is 0 Å². The quantitative estimate of drug-likeness (QED) is 0.413. The predicted octanol–water partition coefficient (Wildman–Crippen LogP) is 5.24. The first-order valence-corrected chi connectivity index (χ1v) is 10.2. The van der Waals surface area contributed by atoms with Crippen molar-refractivity contribution in [3.8, 4) is 28.5 Å². The molecule has 1 heterocycles. The van der Waals surface area contributed by atoms with E-state index in [4.69, 9.17) is 14.2 Å². The van der Waals surface area contributed by atoms with E-state index in [2.05, 4.69) is 17.1 Å². The number of para-hydroxylation sites is 1. The lowest BCUT2D eigenvalue weighted by Gasteiger charge is -2.14. The minimum absolute atomic E-state index is 0.158. The highest BCUT2D eigenvalue weighted by atomic mass is 16.5. The molecule has 0 saturated heterocycles. The van der Waals surface area contributed by atoms with Crippen molar-refractivity contribution in [3.63, 3.8) is 0 Å². The predicted molar refractivity (Wildman–Crippen MR) is 123 cm³/mol. The van der Waals surface area contributed by atoms with Crippen LogP contribution in [0.25, 0.3) is 22.2 Å². The number of aromatic nitrogens is 1. The first kappa shape index (κ1) is 21.2. The summed E-state index contributed by atoms with van der Waals surface area (Å²) in [6.45, 7) is 0.508. The number of hydrogen-bond acceptors (Lipinski definition) is 5. The molecule has 162 valence electrons. The molecular weight excluding hydrogens is 406 g/mol. The topological polar surface area (TPSA) is 77.9 Å². The number of rotatable bonds is 8. The van der Waals surface area contributed by atoms with E-state index < -0.39 is 5.97 Å². The zero-order valence-corrected chi connectivity index (χ0v) is 17.9. The molecule has 3 aromatic carbocycles. The number of pyridine rings is 1. The third-order valence-corrected chi connectivity index (χ3v) is 5.20. The summed E-state index contributed by atoms with van der Waals surface area (Å²) in [7, 11) is 3.11. The van der Waals surface area contributed by atoms with E-state index in [1.165, 1.54) is 12.7 Å². The molecule has 0 unspecified atom stereocenters. The molecule has 0 saturated carbocycles. The Morgan fingerprint density at radius 1 is 0.875 bits per heavy atom. The molecule has 6 heteroatoms. The molecule has 4 rings (SSSR count). The zero-order valence-electron chi connectivity index (χ0n) is 17.9. The molecule has 0 aliphatic carbocycles. The highest BCUT2D eigenvalue weighted by molar-refractivity contribution is 6.05. The van der Waals surface area contributed by atoms with Gasteiger partial charge in [0.05, 0.1) is 32.1 Å². The Morgan fingerprint density at radius 3 is 2.38 bits per heavy atom. The van der Waals surface area contributed by atoms with E-state index >= 15 is 0 Å². The lowest BCUT2D eigenvalue weighted by Crippen LogP contribution is -2.03. The Bertz CT molecular complexity index is 1250. The first-order valence-electron chi connectivity index (χ1n) is 10.2. The van der Waals surface area contributed by atoms with Gasteiger partial charge in [-0.2, -0.15) is 0 Å². The van der Waals surface area contributed by atoms with Crippen LogP contribution in [0.1, 0.15) is 15.9 Å². The van der Waals surface area contributed by atoms with Gasteiger partial charge in [0.2, 0.25) is 0 Å². The molecule has 0 aliphatic rings. The largest absolute Gasteiger partial charge is 0.494 e. The Kier molecular flexibility index (Phi) is 6.22. The smallest absolute Gasteiger partial charge is 0.336 e. The van der Waals surface area contributed by atoms with E-state index in [1.54, 1.807) is 37.4 Å². The van der Waals surface area contributed by atoms with Crippen LogP contribution in [0.2, 0.25) is 0 Å². The van der Waals surface area contributed by atoms with Gasteiger partial charge in [-0.05, 0) is 35.9 Å². The highest BCUT2D eigenvalue weighted by Crippen LogP contribution is 2.35. The molecular formula is C26H23NO5. The van der Waals surface area contributed by atoms with Gasteiger partial charge in [0.1, 0.15) is 11.3 Å². The lowest BCUT2D eigenvalue weighted by atomic mass is 10.0. The summed E-state index contributed by atoms with van der Waals surface area (Å²) in [4.78, 5) is 16.6. The highest BCUT2D eigenvalue weighted by Gasteiger charge is 2.17. The van der Waals surface area contributed by atoms with Crippen LogP contribution in [0, 0.1) is 0 Å². The van der Waals surface area contributed by atoms with Crippen molar-refractivity contribution >= 4 is 16.9 Å². The van der Waals surface area contributed by atoms with Crippen molar-refractivity contribution in [2.75, 3.05) is 20.8 Å². The van der Waals surface area contributed by atoms with Gasteiger partial charge in [0.15, 0.2) is 11.5 Å². The number of hydrogen-bond donors (Lipinski definition) is 1. The minimum Gasteiger partial charge on any atom is -0.494 e. The van der Waals surface area contributed by atoms with Crippen LogP contribution in [0.3, 0.4) is 0 Å². The van der Waals surface area contributed by atoms with Crippen molar-refractivity contribution in [3.05, 3.63) is 83.9 Å². The van der Waals surface area contributed by atoms with Crippen LogP contribution in [-0.2, 0) is 6.42 Å². The fraction of sp³-hybridized carbons (Fsp3) is 0.154. The Balaban J connectivity index is 1.67. The number of carbonyl (C=O) groups is 1. The van der Waals surface area contributed by atoms with Gasteiger partial charge in [-0.25, -0.2) is 9.78 Å². The van der Waals surface area contributed by atoms with Crippen molar-refractivity contribution in [2.45, 2.75) is 6.42 Å². The maximum Gasteiger partial charge on any atom is 0.336 e. The Morgan fingerprint density at radius 2 is 1.66 bits per heavy atom. The normalized spacial score (nSPS) is 10.7. The standard InChI is InChI=1S/C26H23NO5/c1-30-23-10-6-9-19-20(26(28)29)16-21(27-25(19)23)18-11-12-22(24(15-18)31-2)32-14-13-17-7-4-3-5-8-17/h3-12,15-16H,13-14H2,1-2H3,(H,28,29). The first-order chi connectivity index (χ1) is 15.6. The van der Waals surface area contributed by atoms with Gasteiger partial charge in [0, 0.05) is 17.4 Å². The second-order valence-corrected chi connectivity index (χ2v) is 7.17. The van der Waals surface area contributed by atoms with Gasteiger partial charge < -0.3 is 19.3 Å². The summed E-state index contributed by atoms with van der Waals surface area (Å²) in [5.74, 6) is 0.651. The monoisotopic (exact) mass is 429 g/mol. The summed E-state index contributed by atoms with van der Waals surface area (Å²) in [5.41, 5.74) is 3.07. The maximum absolute atomic E-state index is 11.9. The van der Waals surface area contributed by atoms with E-state index in [0.29, 0.717) is 46.0 Å². The maximum atomic E-state index is 11.9. The van der Waals surface area contributed by atoms with Gasteiger partial charge in [-0.1, -0.05) is 42.5 Å². The van der Waals surface area contributed by atoms with Crippen LogP contribution >= 0.6 is 0 Å². The molecule has 0 aliphatic heterocycles. The number of carboxylic acids is 1. The number of ether oxygens (including phenoxy) is 3. The molecule has 1 N–H and O–H groups in total. The van der Waals surface area contributed by atoms with Crippen molar-refractivity contribution < 1.29 is 24.1 Å². The number of benzene rings is 3. The van der Waals surface area contributed by atoms with Crippen LogP contribution in [0.4, 0.5) is 0 Å². The summed E-state index contributed by atoms with van der Waals surface area (Å²) in [5, 5.41) is 10.3. The molecule has 0 bridgehead atoms. The van der Waals surface area contributed by atoms with Gasteiger partial charge in [-0.3, -0.25) is 0 Å². The number of aromatic carboxylic acids is 1. The number of carboxylic acid groups (broad SMARTS) is 1. The minimum atomic E-state index is -1.03. The average molecular weight is 429 g/mol. The summed E-state index contributed by atoms with van der Waals surface area (Å²) >= 11 is 0. The molecule has 0 atom stereocenters. The number of fused-ring (bicyclic) bond motifs is 1. The fourth-order valence-electron chi connectivity index (χ4n) is 3.58.